The van der Waals surface area contributed by atoms with Gasteiger partial charge in [0.05, 0.1) is 23.7 Å². The molecule has 2 aliphatic rings. The van der Waals surface area contributed by atoms with Crippen molar-refractivity contribution in [2.24, 2.45) is 23.5 Å². The Balaban J connectivity index is 1.43. The van der Waals surface area contributed by atoms with Crippen LogP contribution in [0.15, 0.2) is 78.6 Å². The Morgan fingerprint density at radius 1 is 1.02 bits per heavy atom. The molecule has 0 aliphatic heterocycles. The molecule has 43 heavy (non-hydrogen) atoms. The Kier molecular flexibility index (Phi) is 8.45. The van der Waals surface area contributed by atoms with Gasteiger partial charge in [-0.1, -0.05) is 49.0 Å². The highest BCUT2D eigenvalue weighted by Crippen LogP contribution is 2.49. The van der Waals surface area contributed by atoms with Crippen LogP contribution in [0.5, 0.6) is 5.75 Å². The van der Waals surface area contributed by atoms with Crippen molar-refractivity contribution in [3.63, 3.8) is 0 Å². The fourth-order valence-corrected chi connectivity index (χ4v) is 6.46. The number of aliphatic hydroxyl groups is 2. The van der Waals surface area contributed by atoms with Crippen molar-refractivity contribution in [3.8, 4) is 16.9 Å². The van der Waals surface area contributed by atoms with Crippen molar-refractivity contribution in [2.45, 2.75) is 38.8 Å². The highest BCUT2D eigenvalue weighted by molar-refractivity contribution is 6.17. The smallest absolute Gasteiger partial charge is 0.224 e. The third-order valence-corrected chi connectivity index (χ3v) is 8.25. The molecule has 3 aromatic carbocycles. The lowest BCUT2D eigenvalue weighted by molar-refractivity contribution is -0.136. The van der Waals surface area contributed by atoms with E-state index in [0.717, 1.165) is 22.3 Å². The lowest BCUT2D eigenvalue weighted by Gasteiger charge is -2.39. The first kappa shape index (κ1) is 29.7. The SMILES string of the molecule is C=C(O)CC1CC2Cc3c(-c4ccc(CNCc5cccc(F)c5)cc4)ccc(O)c3C(O)=C2C(=O)C1C(=O)CC(N)=O. The molecule has 1 saturated carbocycles. The van der Waals surface area contributed by atoms with Crippen molar-refractivity contribution in [1.82, 2.24) is 5.32 Å². The number of hydrogen-bond donors (Lipinski definition) is 5. The zero-order valence-electron chi connectivity index (χ0n) is 23.5. The van der Waals surface area contributed by atoms with Crippen molar-refractivity contribution >= 4 is 23.2 Å². The Labute approximate surface area is 248 Å². The maximum atomic E-state index is 13.7. The first-order valence-corrected chi connectivity index (χ1v) is 14.1. The zero-order valence-corrected chi connectivity index (χ0v) is 23.5. The van der Waals surface area contributed by atoms with E-state index < -0.39 is 41.6 Å². The summed E-state index contributed by atoms with van der Waals surface area (Å²) in [5.74, 6) is -5.58. The van der Waals surface area contributed by atoms with E-state index in [-0.39, 0.29) is 47.1 Å². The second kappa shape index (κ2) is 12.2. The van der Waals surface area contributed by atoms with Crippen LogP contribution >= 0.6 is 0 Å². The molecule has 6 N–H and O–H groups in total. The average Bonchev–Trinajstić information content (AvgIpc) is 2.93. The number of hydrogen-bond acceptors (Lipinski definition) is 7. The summed E-state index contributed by atoms with van der Waals surface area (Å²) in [4.78, 5) is 38.1. The maximum absolute atomic E-state index is 13.7. The largest absolute Gasteiger partial charge is 0.513 e. The fourth-order valence-electron chi connectivity index (χ4n) is 6.46. The number of Topliss-reactive ketones (excluding diaryl/α,β-unsaturated/α-hetero) is 2. The second-order valence-electron chi connectivity index (χ2n) is 11.3. The molecule has 2 aliphatic carbocycles. The van der Waals surface area contributed by atoms with Crippen LogP contribution in [0.1, 0.15) is 41.5 Å². The number of carbonyl (C=O) groups excluding carboxylic acids is 3. The molecule has 3 aromatic rings. The van der Waals surface area contributed by atoms with Gasteiger partial charge in [-0.3, -0.25) is 14.4 Å². The number of aliphatic hydroxyl groups excluding tert-OH is 2. The van der Waals surface area contributed by atoms with Gasteiger partial charge in [-0.25, -0.2) is 4.39 Å². The van der Waals surface area contributed by atoms with Crippen LogP contribution in [0.4, 0.5) is 4.39 Å². The Morgan fingerprint density at radius 2 is 1.74 bits per heavy atom. The predicted molar refractivity (Wildman–Crippen MR) is 159 cm³/mol. The van der Waals surface area contributed by atoms with Crippen molar-refractivity contribution < 1.29 is 34.1 Å². The lowest BCUT2D eigenvalue weighted by atomic mass is 9.63. The summed E-state index contributed by atoms with van der Waals surface area (Å²) < 4.78 is 13.4. The van der Waals surface area contributed by atoms with Gasteiger partial charge in [0, 0.05) is 25.1 Å². The molecule has 3 atom stereocenters. The third kappa shape index (κ3) is 6.22. The summed E-state index contributed by atoms with van der Waals surface area (Å²) in [6, 6.07) is 17.4. The number of benzene rings is 3. The molecule has 9 heteroatoms. The fraction of sp³-hybridized carbons (Fsp3) is 0.265. The minimum absolute atomic E-state index is 0.0140. The van der Waals surface area contributed by atoms with Crippen molar-refractivity contribution in [3.05, 3.63) is 107 Å². The number of phenols is 1. The summed E-state index contributed by atoms with van der Waals surface area (Å²) >= 11 is 0. The van der Waals surface area contributed by atoms with Crippen LogP contribution in [0.25, 0.3) is 16.9 Å². The van der Waals surface area contributed by atoms with Gasteiger partial charge in [0.2, 0.25) is 5.91 Å². The van der Waals surface area contributed by atoms with Gasteiger partial charge >= 0.3 is 0 Å². The van der Waals surface area contributed by atoms with Gasteiger partial charge in [0.15, 0.2) is 11.6 Å². The van der Waals surface area contributed by atoms with Crippen LogP contribution in [-0.4, -0.2) is 32.8 Å². The molecule has 3 unspecified atom stereocenters. The van der Waals surface area contributed by atoms with E-state index in [9.17, 15) is 34.1 Å². The Bertz CT molecular complexity index is 1650. The molecule has 1 amide bonds. The van der Waals surface area contributed by atoms with Crippen molar-refractivity contribution in [1.29, 1.82) is 0 Å². The number of ketones is 2. The van der Waals surface area contributed by atoms with E-state index in [0.29, 0.717) is 25.1 Å². The highest BCUT2D eigenvalue weighted by atomic mass is 19.1. The molecule has 0 saturated heterocycles. The number of aromatic hydroxyl groups is 1. The zero-order chi connectivity index (χ0) is 30.8. The van der Waals surface area contributed by atoms with Crippen molar-refractivity contribution in [2.75, 3.05) is 0 Å². The number of primary amides is 1. The van der Waals surface area contributed by atoms with Crippen LogP contribution in [0, 0.1) is 23.6 Å². The molecule has 222 valence electrons. The summed E-state index contributed by atoms with van der Waals surface area (Å²) in [5.41, 5.74) is 9.55. The van der Waals surface area contributed by atoms with Crippen LogP contribution in [0.3, 0.4) is 0 Å². The standard InChI is InChI=1S/C34H33FN2O6/c1-18(38)11-22-13-23-14-26-25(21-7-5-19(6-8-21)16-37-17-20-3-2-4-24(35)12-20)9-10-27(39)32(26)34(43)31(23)33(42)30(22)28(40)15-29(36)41/h2-10,12,22-23,30,37-39,43H,1,11,13-17H2,(H2,36,41). The summed E-state index contributed by atoms with van der Waals surface area (Å²) in [6.45, 7) is 4.60. The van der Waals surface area contributed by atoms with E-state index >= 15 is 0 Å². The summed E-state index contributed by atoms with van der Waals surface area (Å²) in [5, 5.41) is 35.4. The summed E-state index contributed by atoms with van der Waals surface area (Å²) in [6.07, 6.45) is -0.0532. The van der Waals surface area contributed by atoms with E-state index in [1.165, 1.54) is 18.2 Å². The third-order valence-electron chi connectivity index (χ3n) is 8.25. The maximum Gasteiger partial charge on any atom is 0.224 e. The number of phenolic OH excluding ortho intramolecular Hbond substituents is 1. The number of carbonyl (C=O) groups is 3. The molecule has 0 aromatic heterocycles. The Morgan fingerprint density at radius 3 is 2.42 bits per heavy atom. The first-order chi connectivity index (χ1) is 20.5. The molecular weight excluding hydrogens is 551 g/mol. The van der Waals surface area contributed by atoms with E-state index in [1.54, 1.807) is 12.1 Å². The molecule has 8 nitrogen and oxygen atoms in total. The number of nitrogens with two attached hydrogens (primary N) is 1. The van der Waals surface area contributed by atoms with Gasteiger partial charge in [-0.05, 0) is 70.7 Å². The molecule has 0 bridgehead atoms. The van der Waals surface area contributed by atoms with Gasteiger partial charge in [-0.15, -0.1) is 0 Å². The number of fused-ring (bicyclic) bond motifs is 2. The van der Waals surface area contributed by atoms with E-state index in [1.807, 2.05) is 30.3 Å². The number of rotatable bonds is 10. The number of nitrogens with one attached hydrogen (secondary N) is 1. The monoisotopic (exact) mass is 584 g/mol. The lowest BCUT2D eigenvalue weighted by Crippen LogP contribution is -2.43. The van der Waals surface area contributed by atoms with Crippen LogP contribution in [-0.2, 0) is 33.9 Å². The molecule has 0 spiro atoms. The molecule has 5 rings (SSSR count). The van der Waals surface area contributed by atoms with E-state index in [4.69, 9.17) is 5.73 Å². The average molecular weight is 585 g/mol. The van der Waals surface area contributed by atoms with Gasteiger partial charge in [0.25, 0.3) is 0 Å². The van der Waals surface area contributed by atoms with Crippen LogP contribution < -0.4 is 11.1 Å². The normalized spacial score (nSPS) is 19.5. The summed E-state index contributed by atoms with van der Waals surface area (Å²) in [7, 11) is 0. The number of amides is 1. The van der Waals surface area contributed by atoms with Gasteiger partial charge in [-0.2, -0.15) is 0 Å². The topological polar surface area (TPSA) is 150 Å². The van der Waals surface area contributed by atoms with E-state index in [2.05, 4.69) is 11.9 Å². The Hall–Kier alpha value is -4.76. The molecule has 1 fully saturated rings. The highest BCUT2D eigenvalue weighted by Gasteiger charge is 2.48. The molecule has 0 heterocycles. The number of halogens is 1. The number of allylic oxidation sites excluding steroid dienone is 2. The van der Waals surface area contributed by atoms with Crippen LogP contribution in [0.2, 0.25) is 0 Å². The first-order valence-electron chi connectivity index (χ1n) is 14.1. The second-order valence-corrected chi connectivity index (χ2v) is 11.3. The quantitative estimate of drug-likeness (QED) is 0.165. The van der Waals surface area contributed by atoms with Gasteiger partial charge < -0.3 is 26.4 Å². The molecule has 0 radical (unpaired) electrons. The van der Waals surface area contributed by atoms with Gasteiger partial charge in [0.1, 0.15) is 17.3 Å². The molecular formula is C34H33FN2O6. The minimum Gasteiger partial charge on any atom is -0.513 e. The predicted octanol–water partition coefficient (Wildman–Crippen LogP) is 5.04. The minimum atomic E-state index is -1.27.